The largest absolute Gasteiger partial charge is 0.497 e. The number of ether oxygens (including phenoxy) is 2. The van der Waals surface area contributed by atoms with E-state index in [4.69, 9.17) is 9.47 Å². The van der Waals surface area contributed by atoms with Crippen molar-refractivity contribution in [3.05, 3.63) is 29.8 Å². The Morgan fingerprint density at radius 3 is 2.62 bits per heavy atom. The topological polar surface area (TPSA) is 30.5 Å². The second-order valence-corrected chi connectivity index (χ2v) is 2.68. The minimum Gasteiger partial charge on any atom is -0.497 e. The quantitative estimate of drug-likeness (QED) is 0.715. The van der Waals surface area contributed by atoms with Crippen LogP contribution >= 0.6 is 0 Å². The number of hydrogen-bond acceptors (Lipinski definition) is 3. The van der Waals surface area contributed by atoms with Crippen molar-refractivity contribution in [2.24, 2.45) is 0 Å². The summed E-state index contributed by atoms with van der Waals surface area (Å²) >= 11 is 0. The standard InChI is InChI=1S/C10H15NO2/c1-11-10(13-3)8-5-4-6-9(7-8)12-2/h4-7,10-11H,1-3H3. The summed E-state index contributed by atoms with van der Waals surface area (Å²) in [7, 11) is 5.18. The van der Waals surface area contributed by atoms with Crippen LogP contribution in [0.3, 0.4) is 0 Å². The zero-order valence-electron chi connectivity index (χ0n) is 8.20. The summed E-state index contributed by atoms with van der Waals surface area (Å²) in [6, 6.07) is 7.79. The van der Waals surface area contributed by atoms with E-state index >= 15 is 0 Å². The first kappa shape index (κ1) is 10.0. The normalized spacial score (nSPS) is 12.5. The Labute approximate surface area is 78.7 Å². The zero-order valence-corrected chi connectivity index (χ0v) is 8.20. The molecule has 0 saturated carbocycles. The highest BCUT2D eigenvalue weighted by Crippen LogP contribution is 2.18. The molecular weight excluding hydrogens is 166 g/mol. The van der Waals surface area contributed by atoms with Gasteiger partial charge in [0.15, 0.2) is 0 Å². The van der Waals surface area contributed by atoms with E-state index in [-0.39, 0.29) is 6.23 Å². The third-order valence-electron chi connectivity index (χ3n) is 1.89. The molecule has 0 fully saturated rings. The monoisotopic (exact) mass is 181 g/mol. The molecule has 72 valence electrons. The van der Waals surface area contributed by atoms with Crippen LogP contribution in [0.1, 0.15) is 11.8 Å². The maximum absolute atomic E-state index is 5.22. The van der Waals surface area contributed by atoms with Gasteiger partial charge in [0.25, 0.3) is 0 Å². The Bertz CT molecular complexity index is 259. The lowest BCUT2D eigenvalue weighted by Crippen LogP contribution is -2.17. The summed E-state index contributed by atoms with van der Waals surface area (Å²) in [6.07, 6.45) is -0.0740. The molecule has 1 unspecified atom stereocenters. The van der Waals surface area contributed by atoms with E-state index in [1.165, 1.54) is 0 Å². The van der Waals surface area contributed by atoms with Crippen LogP contribution in [0.2, 0.25) is 0 Å². The minimum atomic E-state index is -0.0740. The van der Waals surface area contributed by atoms with Gasteiger partial charge in [-0.3, -0.25) is 5.32 Å². The average molecular weight is 181 g/mol. The summed E-state index contributed by atoms with van der Waals surface area (Å²) < 4.78 is 10.3. The molecule has 0 amide bonds. The highest BCUT2D eigenvalue weighted by atomic mass is 16.5. The van der Waals surface area contributed by atoms with Gasteiger partial charge < -0.3 is 9.47 Å². The van der Waals surface area contributed by atoms with Gasteiger partial charge in [0.05, 0.1) is 7.11 Å². The van der Waals surface area contributed by atoms with Crippen molar-refractivity contribution in [2.45, 2.75) is 6.23 Å². The first-order chi connectivity index (χ1) is 6.31. The smallest absolute Gasteiger partial charge is 0.133 e. The summed E-state index contributed by atoms with van der Waals surface area (Å²) in [6.45, 7) is 0. The van der Waals surface area contributed by atoms with E-state index in [1.807, 2.05) is 31.3 Å². The highest BCUT2D eigenvalue weighted by Gasteiger charge is 2.07. The van der Waals surface area contributed by atoms with Crippen LogP contribution < -0.4 is 10.1 Å². The van der Waals surface area contributed by atoms with E-state index in [0.717, 1.165) is 11.3 Å². The second kappa shape index (κ2) is 4.84. The van der Waals surface area contributed by atoms with Gasteiger partial charge in [-0.15, -0.1) is 0 Å². The van der Waals surface area contributed by atoms with Gasteiger partial charge >= 0.3 is 0 Å². The van der Waals surface area contributed by atoms with Crippen LogP contribution in [0, 0.1) is 0 Å². The van der Waals surface area contributed by atoms with Crippen molar-refractivity contribution in [3.63, 3.8) is 0 Å². The predicted molar refractivity (Wildman–Crippen MR) is 51.8 cm³/mol. The molecule has 1 rings (SSSR count). The van der Waals surface area contributed by atoms with Crippen molar-refractivity contribution >= 4 is 0 Å². The summed E-state index contributed by atoms with van der Waals surface area (Å²) in [5, 5.41) is 3.04. The van der Waals surface area contributed by atoms with Crippen molar-refractivity contribution in [1.82, 2.24) is 5.32 Å². The van der Waals surface area contributed by atoms with Gasteiger partial charge in [-0.2, -0.15) is 0 Å². The molecule has 13 heavy (non-hydrogen) atoms. The molecule has 0 aliphatic carbocycles. The van der Waals surface area contributed by atoms with Gasteiger partial charge in [0, 0.05) is 7.11 Å². The maximum Gasteiger partial charge on any atom is 0.133 e. The van der Waals surface area contributed by atoms with Crippen LogP contribution in [0.15, 0.2) is 24.3 Å². The lowest BCUT2D eigenvalue weighted by atomic mass is 10.2. The second-order valence-electron chi connectivity index (χ2n) is 2.68. The fraction of sp³-hybridized carbons (Fsp3) is 0.400. The van der Waals surface area contributed by atoms with E-state index in [1.54, 1.807) is 14.2 Å². The van der Waals surface area contributed by atoms with Crippen LogP contribution in [-0.2, 0) is 4.74 Å². The van der Waals surface area contributed by atoms with Gasteiger partial charge in [-0.05, 0) is 24.7 Å². The van der Waals surface area contributed by atoms with E-state index < -0.39 is 0 Å². The fourth-order valence-electron chi connectivity index (χ4n) is 1.23. The Hall–Kier alpha value is -1.06. The van der Waals surface area contributed by atoms with Crippen molar-refractivity contribution < 1.29 is 9.47 Å². The van der Waals surface area contributed by atoms with Crippen LogP contribution in [0.25, 0.3) is 0 Å². The summed E-state index contributed by atoms with van der Waals surface area (Å²) in [5.74, 6) is 0.842. The van der Waals surface area contributed by atoms with Crippen LogP contribution in [0.4, 0.5) is 0 Å². The van der Waals surface area contributed by atoms with E-state index in [0.29, 0.717) is 0 Å². The van der Waals surface area contributed by atoms with Crippen molar-refractivity contribution in [2.75, 3.05) is 21.3 Å². The number of hydrogen-bond donors (Lipinski definition) is 1. The van der Waals surface area contributed by atoms with Crippen LogP contribution in [-0.4, -0.2) is 21.3 Å². The molecule has 0 heterocycles. The Kier molecular flexibility index (Phi) is 3.73. The first-order valence-corrected chi connectivity index (χ1v) is 4.16. The third-order valence-corrected chi connectivity index (χ3v) is 1.89. The number of nitrogens with one attached hydrogen (secondary N) is 1. The first-order valence-electron chi connectivity index (χ1n) is 4.16. The SMILES string of the molecule is CNC(OC)c1cccc(OC)c1. The zero-order chi connectivity index (χ0) is 9.68. The molecule has 1 N–H and O–H groups in total. The van der Waals surface area contributed by atoms with Gasteiger partial charge in [-0.25, -0.2) is 0 Å². The maximum atomic E-state index is 5.22. The molecule has 3 nitrogen and oxygen atoms in total. The molecule has 1 aromatic rings. The molecule has 1 aromatic carbocycles. The molecular formula is C10H15NO2. The van der Waals surface area contributed by atoms with Gasteiger partial charge in [-0.1, -0.05) is 12.1 Å². The molecule has 0 radical (unpaired) electrons. The third kappa shape index (κ3) is 2.44. The molecule has 0 aliphatic rings. The highest BCUT2D eigenvalue weighted by molar-refractivity contribution is 5.29. The fourth-order valence-corrected chi connectivity index (χ4v) is 1.23. The van der Waals surface area contributed by atoms with Crippen molar-refractivity contribution in [3.8, 4) is 5.75 Å². The Balaban J connectivity index is 2.86. The van der Waals surface area contributed by atoms with E-state index in [9.17, 15) is 0 Å². The summed E-state index contributed by atoms with van der Waals surface area (Å²) in [4.78, 5) is 0. The predicted octanol–water partition coefficient (Wildman–Crippen LogP) is 1.56. The lowest BCUT2D eigenvalue weighted by molar-refractivity contribution is 0.0807. The number of rotatable bonds is 4. The minimum absolute atomic E-state index is 0.0740. The van der Waals surface area contributed by atoms with Crippen molar-refractivity contribution in [1.29, 1.82) is 0 Å². The van der Waals surface area contributed by atoms with Crippen LogP contribution in [0.5, 0.6) is 5.75 Å². The molecule has 0 saturated heterocycles. The molecule has 3 heteroatoms. The van der Waals surface area contributed by atoms with E-state index in [2.05, 4.69) is 5.32 Å². The number of benzene rings is 1. The van der Waals surface area contributed by atoms with Gasteiger partial charge in [0.2, 0.25) is 0 Å². The van der Waals surface area contributed by atoms with Gasteiger partial charge in [0.1, 0.15) is 12.0 Å². The lowest BCUT2D eigenvalue weighted by Gasteiger charge is -2.14. The Morgan fingerprint density at radius 2 is 2.08 bits per heavy atom. The Morgan fingerprint density at radius 1 is 1.31 bits per heavy atom. The molecule has 0 aromatic heterocycles. The average Bonchev–Trinajstić information content (AvgIpc) is 2.20. The molecule has 0 spiro atoms. The molecule has 0 aliphatic heterocycles. The number of methoxy groups -OCH3 is 2. The molecule has 1 atom stereocenters. The summed E-state index contributed by atoms with van der Waals surface area (Å²) in [5.41, 5.74) is 1.06. The molecule has 0 bridgehead atoms.